The van der Waals surface area contributed by atoms with Crippen LogP contribution in [0.15, 0.2) is 30.5 Å². The van der Waals surface area contributed by atoms with Gasteiger partial charge in [-0.15, -0.1) is 16.4 Å². The number of rotatable bonds is 3. The number of hydrogen-bond donors (Lipinski definition) is 0. The van der Waals surface area contributed by atoms with Crippen LogP contribution in [0.25, 0.3) is 10.2 Å². The molecule has 0 saturated carbocycles. The lowest BCUT2D eigenvalue weighted by Gasteiger charge is -1.95. The van der Waals surface area contributed by atoms with Crippen LogP contribution in [-0.4, -0.2) is 20.0 Å². The molecule has 0 spiro atoms. The first-order valence-electron chi connectivity index (χ1n) is 5.61. The lowest BCUT2D eigenvalue weighted by atomic mass is 10.3. The number of alkyl halides is 1. The second-order valence-corrected chi connectivity index (χ2v) is 6.52. The van der Waals surface area contributed by atoms with E-state index in [2.05, 4.69) is 37.3 Å². The van der Waals surface area contributed by atoms with Crippen molar-refractivity contribution < 1.29 is 0 Å². The van der Waals surface area contributed by atoms with Crippen LogP contribution in [0.1, 0.15) is 22.5 Å². The summed E-state index contributed by atoms with van der Waals surface area (Å²) in [7, 11) is 0. The minimum Gasteiger partial charge on any atom is -0.245 e. The van der Waals surface area contributed by atoms with Crippen molar-refractivity contribution in [3.8, 4) is 0 Å². The fourth-order valence-corrected chi connectivity index (χ4v) is 2.87. The zero-order valence-electron chi connectivity index (χ0n) is 9.75. The van der Waals surface area contributed by atoms with E-state index in [-0.39, 0.29) is 4.83 Å². The molecule has 0 aliphatic carbocycles. The fourth-order valence-electron chi connectivity index (χ4n) is 1.70. The first kappa shape index (κ1) is 11.8. The third kappa shape index (κ3) is 2.30. The van der Waals surface area contributed by atoms with E-state index in [1.54, 1.807) is 11.3 Å². The first-order chi connectivity index (χ1) is 8.72. The third-order valence-corrected chi connectivity index (χ3v) is 4.09. The smallest absolute Gasteiger partial charge is 0.115 e. The van der Waals surface area contributed by atoms with E-state index < -0.39 is 0 Å². The summed E-state index contributed by atoms with van der Waals surface area (Å²) in [5.41, 5.74) is 1.99. The third-order valence-electron chi connectivity index (χ3n) is 2.60. The monoisotopic (exact) mass is 322 g/mol. The SMILES string of the molecule is CC(Br)c1cn(Cc2nc3ccccc3s2)nn1. The molecule has 0 amide bonds. The molecule has 0 fully saturated rings. The molecule has 6 heteroatoms. The molecule has 3 aromatic rings. The minimum absolute atomic E-state index is 0.224. The second-order valence-electron chi connectivity index (χ2n) is 4.03. The maximum atomic E-state index is 4.58. The Kier molecular flexibility index (Phi) is 3.13. The van der Waals surface area contributed by atoms with Gasteiger partial charge in [-0.1, -0.05) is 33.3 Å². The highest BCUT2D eigenvalue weighted by Gasteiger charge is 2.08. The van der Waals surface area contributed by atoms with Crippen molar-refractivity contribution in [3.63, 3.8) is 0 Å². The highest BCUT2D eigenvalue weighted by atomic mass is 79.9. The number of aromatic nitrogens is 4. The Morgan fingerprint density at radius 1 is 1.39 bits per heavy atom. The summed E-state index contributed by atoms with van der Waals surface area (Å²) < 4.78 is 3.03. The van der Waals surface area contributed by atoms with E-state index >= 15 is 0 Å². The van der Waals surface area contributed by atoms with E-state index in [4.69, 9.17) is 0 Å². The van der Waals surface area contributed by atoms with Crippen LogP contribution in [0.5, 0.6) is 0 Å². The van der Waals surface area contributed by atoms with Gasteiger partial charge < -0.3 is 0 Å². The lowest BCUT2D eigenvalue weighted by molar-refractivity contribution is 0.647. The van der Waals surface area contributed by atoms with Gasteiger partial charge in [0.05, 0.1) is 33.5 Å². The zero-order chi connectivity index (χ0) is 12.5. The summed E-state index contributed by atoms with van der Waals surface area (Å²) in [6.07, 6.45) is 1.95. The van der Waals surface area contributed by atoms with Crippen molar-refractivity contribution in [1.82, 2.24) is 20.0 Å². The van der Waals surface area contributed by atoms with Gasteiger partial charge in [-0.25, -0.2) is 9.67 Å². The average molecular weight is 323 g/mol. The Bertz CT molecular complexity index is 640. The van der Waals surface area contributed by atoms with E-state index in [0.717, 1.165) is 16.2 Å². The number of fused-ring (bicyclic) bond motifs is 1. The van der Waals surface area contributed by atoms with E-state index in [0.29, 0.717) is 6.54 Å². The summed E-state index contributed by atoms with van der Waals surface area (Å²) in [4.78, 5) is 4.80. The Labute approximate surface area is 117 Å². The van der Waals surface area contributed by atoms with Gasteiger partial charge in [0.1, 0.15) is 5.01 Å². The predicted octanol–water partition coefficient (Wildman–Crippen LogP) is 3.39. The number of benzene rings is 1. The van der Waals surface area contributed by atoms with Crippen LogP contribution in [0.3, 0.4) is 0 Å². The molecule has 0 bridgehead atoms. The summed E-state index contributed by atoms with van der Waals surface area (Å²) in [6.45, 7) is 2.71. The zero-order valence-corrected chi connectivity index (χ0v) is 12.1. The molecule has 1 aromatic carbocycles. The van der Waals surface area contributed by atoms with E-state index in [1.165, 1.54) is 4.70 Å². The largest absolute Gasteiger partial charge is 0.245 e. The van der Waals surface area contributed by atoms with Crippen LogP contribution < -0.4 is 0 Å². The van der Waals surface area contributed by atoms with Crippen LogP contribution in [0.4, 0.5) is 0 Å². The Morgan fingerprint density at radius 3 is 2.94 bits per heavy atom. The van der Waals surface area contributed by atoms with Gasteiger partial charge in [-0.2, -0.15) is 0 Å². The van der Waals surface area contributed by atoms with E-state index in [9.17, 15) is 0 Å². The molecular weight excluding hydrogens is 312 g/mol. The normalized spacial score (nSPS) is 13.0. The summed E-state index contributed by atoms with van der Waals surface area (Å²) >= 11 is 5.18. The molecule has 92 valence electrons. The molecular formula is C12H11BrN4S. The summed E-state index contributed by atoms with van der Waals surface area (Å²) in [5, 5.41) is 9.27. The van der Waals surface area contributed by atoms with Crippen LogP contribution >= 0.6 is 27.3 Å². The fraction of sp³-hybridized carbons (Fsp3) is 0.250. The number of hydrogen-bond acceptors (Lipinski definition) is 4. The topological polar surface area (TPSA) is 43.6 Å². The van der Waals surface area contributed by atoms with Crippen molar-refractivity contribution in [2.24, 2.45) is 0 Å². The van der Waals surface area contributed by atoms with Gasteiger partial charge in [0, 0.05) is 0 Å². The van der Waals surface area contributed by atoms with Crippen molar-refractivity contribution in [2.45, 2.75) is 18.3 Å². The maximum absolute atomic E-state index is 4.58. The first-order valence-corrected chi connectivity index (χ1v) is 7.34. The molecule has 4 nitrogen and oxygen atoms in total. The van der Waals surface area contributed by atoms with Gasteiger partial charge in [0.15, 0.2) is 0 Å². The average Bonchev–Trinajstić information content (AvgIpc) is 2.94. The van der Waals surface area contributed by atoms with Crippen molar-refractivity contribution in [2.75, 3.05) is 0 Å². The summed E-state index contributed by atoms with van der Waals surface area (Å²) in [5.74, 6) is 0. The van der Waals surface area contributed by atoms with Crippen LogP contribution in [0.2, 0.25) is 0 Å². The van der Waals surface area contributed by atoms with E-state index in [1.807, 2.05) is 36.0 Å². The molecule has 2 heterocycles. The van der Waals surface area contributed by atoms with Gasteiger partial charge in [0.25, 0.3) is 0 Å². The highest BCUT2D eigenvalue weighted by molar-refractivity contribution is 9.09. The maximum Gasteiger partial charge on any atom is 0.115 e. The standard InChI is InChI=1S/C12H11BrN4S/c1-8(13)10-6-17(16-15-10)7-12-14-9-4-2-3-5-11(9)18-12/h2-6,8H,7H2,1H3. The van der Waals surface area contributed by atoms with Crippen molar-refractivity contribution in [1.29, 1.82) is 0 Å². The quantitative estimate of drug-likeness (QED) is 0.694. The van der Waals surface area contributed by atoms with Gasteiger partial charge >= 0.3 is 0 Å². The summed E-state index contributed by atoms with van der Waals surface area (Å²) in [6, 6.07) is 8.16. The van der Waals surface area contributed by atoms with Gasteiger partial charge in [0.2, 0.25) is 0 Å². The Balaban J connectivity index is 1.86. The Hall–Kier alpha value is -1.27. The number of nitrogens with zero attached hydrogens (tertiary/aromatic N) is 4. The highest BCUT2D eigenvalue weighted by Crippen LogP contribution is 2.23. The predicted molar refractivity (Wildman–Crippen MR) is 76.1 cm³/mol. The number of halogens is 1. The second kappa shape index (κ2) is 4.78. The Morgan fingerprint density at radius 2 is 2.22 bits per heavy atom. The number of para-hydroxylation sites is 1. The molecule has 1 atom stereocenters. The van der Waals surface area contributed by atoms with Crippen LogP contribution in [-0.2, 0) is 6.54 Å². The van der Waals surface area contributed by atoms with Crippen LogP contribution in [0, 0.1) is 0 Å². The van der Waals surface area contributed by atoms with Crippen molar-refractivity contribution >= 4 is 37.5 Å². The number of thiazole rings is 1. The molecule has 0 saturated heterocycles. The minimum atomic E-state index is 0.224. The van der Waals surface area contributed by atoms with Crippen molar-refractivity contribution in [3.05, 3.63) is 41.2 Å². The molecule has 0 radical (unpaired) electrons. The molecule has 1 unspecified atom stereocenters. The molecule has 0 N–H and O–H groups in total. The molecule has 18 heavy (non-hydrogen) atoms. The van der Waals surface area contributed by atoms with Gasteiger partial charge in [-0.05, 0) is 19.1 Å². The van der Waals surface area contributed by atoms with Gasteiger partial charge in [-0.3, -0.25) is 0 Å². The molecule has 2 aromatic heterocycles. The molecule has 0 aliphatic heterocycles. The molecule has 3 rings (SSSR count). The molecule has 0 aliphatic rings. The lowest BCUT2D eigenvalue weighted by Crippen LogP contribution is -1.99.